The summed E-state index contributed by atoms with van der Waals surface area (Å²) in [6, 6.07) is 16.9. The number of aryl methyl sites for hydroxylation is 1. The molecule has 7 heteroatoms. The summed E-state index contributed by atoms with van der Waals surface area (Å²) in [7, 11) is 0. The van der Waals surface area contributed by atoms with Crippen LogP contribution in [-0.4, -0.2) is 42.3 Å². The van der Waals surface area contributed by atoms with Crippen molar-refractivity contribution in [3.05, 3.63) is 104 Å². The number of aromatic carboxylic acids is 1. The predicted octanol–water partition coefficient (Wildman–Crippen LogP) is 7.96. The largest absolute Gasteiger partial charge is 0.478 e. The summed E-state index contributed by atoms with van der Waals surface area (Å²) < 4.78 is 27.2. The Kier molecular flexibility index (Phi) is 8.18. The van der Waals surface area contributed by atoms with E-state index in [-0.39, 0.29) is 22.3 Å². The molecule has 1 fully saturated rings. The number of hydrogen-bond donors (Lipinski definition) is 1. The number of carbonyl (C=O) groups is 1. The molecule has 0 spiro atoms. The lowest BCUT2D eigenvalue weighted by Gasteiger charge is -2.39. The molecule has 0 bridgehead atoms. The lowest BCUT2D eigenvalue weighted by atomic mass is 9.86. The summed E-state index contributed by atoms with van der Waals surface area (Å²) in [6.07, 6.45) is 3.69. The summed E-state index contributed by atoms with van der Waals surface area (Å²) >= 11 is 12.5. The highest BCUT2D eigenvalue weighted by atomic mass is 35.5. The van der Waals surface area contributed by atoms with Gasteiger partial charge in [0.1, 0.15) is 0 Å². The van der Waals surface area contributed by atoms with Crippen LogP contribution in [0, 0.1) is 11.7 Å². The zero-order valence-corrected chi connectivity index (χ0v) is 22.5. The molecule has 0 saturated carbocycles. The molecule has 1 aliphatic carbocycles. The van der Waals surface area contributed by atoms with Crippen molar-refractivity contribution in [3.8, 4) is 0 Å². The van der Waals surface area contributed by atoms with Crippen LogP contribution in [0.2, 0.25) is 10.0 Å². The number of hydrogen-bond acceptors (Lipinski definition) is 2. The van der Waals surface area contributed by atoms with E-state index in [9.17, 15) is 18.7 Å². The minimum absolute atomic E-state index is 0.00507. The number of alkyl halides is 1. The van der Waals surface area contributed by atoms with Gasteiger partial charge in [0, 0.05) is 19.6 Å². The summed E-state index contributed by atoms with van der Waals surface area (Å²) in [5.41, 5.74) is 6.80. The maximum Gasteiger partial charge on any atom is 0.335 e. The molecular weight excluding hydrogens is 527 g/mol. The number of benzene rings is 3. The van der Waals surface area contributed by atoms with Crippen LogP contribution in [0.4, 0.5) is 8.78 Å². The van der Waals surface area contributed by atoms with Gasteiger partial charge in [-0.3, -0.25) is 4.39 Å². The maximum absolute atomic E-state index is 14.8. The van der Waals surface area contributed by atoms with Crippen molar-refractivity contribution in [1.82, 2.24) is 4.90 Å². The summed E-state index contributed by atoms with van der Waals surface area (Å²) in [5.74, 6) is -1.03. The Hall–Kier alpha value is -2.73. The van der Waals surface area contributed by atoms with Crippen LogP contribution in [0.25, 0.3) is 11.1 Å². The van der Waals surface area contributed by atoms with E-state index in [1.165, 1.54) is 11.6 Å². The summed E-state index contributed by atoms with van der Waals surface area (Å²) in [5, 5.41) is 9.52. The molecule has 2 aliphatic rings. The van der Waals surface area contributed by atoms with E-state index in [1.807, 2.05) is 6.07 Å². The van der Waals surface area contributed by atoms with Gasteiger partial charge >= 0.3 is 5.97 Å². The molecule has 3 nitrogen and oxygen atoms in total. The van der Waals surface area contributed by atoms with Crippen LogP contribution in [0.3, 0.4) is 0 Å². The Morgan fingerprint density at radius 3 is 2.45 bits per heavy atom. The molecule has 3 aromatic carbocycles. The van der Waals surface area contributed by atoms with Crippen LogP contribution in [0.1, 0.15) is 57.4 Å². The molecule has 3 aromatic rings. The van der Waals surface area contributed by atoms with E-state index in [4.69, 9.17) is 23.2 Å². The molecule has 1 saturated heterocycles. The molecular formula is C31H29Cl2F2NO2. The highest BCUT2D eigenvalue weighted by molar-refractivity contribution is 6.36. The molecule has 38 heavy (non-hydrogen) atoms. The second-order valence-electron chi connectivity index (χ2n) is 10.2. The average Bonchev–Trinajstić information content (AvgIpc) is 3.08. The van der Waals surface area contributed by atoms with Crippen molar-refractivity contribution in [3.63, 3.8) is 0 Å². The minimum Gasteiger partial charge on any atom is -0.478 e. The molecule has 0 unspecified atom stereocenters. The third-order valence-electron chi connectivity index (χ3n) is 7.56. The smallest absolute Gasteiger partial charge is 0.335 e. The minimum atomic E-state index is -0.964. The zero-order chi connectivity index (χ0) is 26.8. The van der Waals surface area contributed by atoms with Crippen LogP contribution >= 0.6 is 23.2 Å². The number of allylic oxidation sites excluding steroid dienone is 1. The molecule has 1 aliphatic heterocycles. The first-order valence-corrected chi connectivity index (χ1v) is 13.7. The van der Waals surface area contributed by atoms with Crippen LogP contribution < -0.4 is 0 Å². The molecule has 0 amide bonds. The maximum atomic E-state index is 14.8. The number of carboxylic acids is 1. The third kappa shape index (κ3) is 5.51. The Bertz CT molecular complexity index is 1380. The first-order valence-electron chi connectivity index (χ1n) is 13.0. The van der Waals surface area contributed by atoms with E-state index >= 15 is 0 Å². The number of halogens is 4. The SMILES string of the molecule is O=C(O)c1ccc2c(c1)CCCC(c1ccc(Cl)c(F)c1Cl)=C2c1ccc(CC2CN(CCCF)C2)cc1. The van der Waals surface area contributed by atoms with E-state index in [0.29, 0.717) is 30.7 Å². The highest BCUT2D eigenvalue weighted by Crippen LogP contribution is 2.43. The predicted molar refractivity (Wildman–Crippen MR) is 149 cm³/mol. The fourth-order valence-electron chi connectivity index (χ4n) is 5.69. The van der Waals surface area contributed by atoms with Crippen molar-refractivity contribution >= 4 is 40.3 Å². The van der Waals surface area contributed by atoms with Gasteiger partial charge in [-0.05, 0) is 95.2 Å². The second kappa shape index (κ2) is 11.6. The normalized spacial score (nSPS) is 16.2. The topological polar surface area (TPSA) is 40.5 Å². The first kappa shape index (κ1) is 26.9. The van der Waals surface area contributed by atoms with Crippen molar-refractivity contribution in [2.24, 2.45) is 5.92 Å². The number of nitrogens with zero attached hydrogens (tertiary/aromatic N) is 1. The van der Waals surface area contributed by atoms with Gasteiger partial charge in [-0.1, -0.05) is 59.6 Å². The van der Waals surface area contributed by atoms with Gasteiger partial charge in [-0.25, -0.2) is 9.18 Å². The van der Waals surface area contributed by atoms with Gasteiger partial charge in [-0.15, -0.1) is 0 Å². The summed E-state index contributed by atoms with van der Waals surface area (Å²) in [4.78, 5) is 13.9. The Balaban J connectivity index is 1.53. The summed E-state index contributed by atoms with van der Waals surface area (Å²) in [6.45, 7) is 2.54. The van der Waals surface area contributed by atoms with Crippen LogP contribution in [0.5, 0.6) is 0 Å². The molecule has 0 radical (unpaired) electrons. The first-order chi connectivity index (χ1) is 18.4. The zero-order valence-electron chi connectivity index (χ0n) is 21.0. The Labute approximate surface area is 231 Å². The fourth-order valence-corrected chi connectivity index (χ4v) is 6.18. The van der Waals surface area contributed by atoms with E-state index in [1.54, 1.807) is 18.2 Å². The molecule has 1 heterocycles. The number of fused-ring (bicyclic) bond motifs is 1. The molecule has 0 aromatic heterocycles. The van der Waals surface area contributed by atoms with Crippen LogP contribution in [-0.2, 0) is 12.8 Å². The third-order valence-corrected chi connectivity index (χ3v) is 8.23. The molecule has 1 N–H and O–H groups in total. The lowest BCUT2D eigenvalue weighted by Crippen LogP contribution is -2.47. The van der Waals surface area contributed by atoms with Gasteiger partial charge < -0.3 is 10.0 Å². The fraction of sp³-hybridized carbons (Fsp3) is 0.323. The lowest BCUT2D eigenvalue weighted by molar-refractivity contribution is 0.0696. The van der Waals surface area contributed by atoms with E-state index in [2.05, 4.69) is 29.2 Å². The van der Waals surface area contributed by atoms with Gasteiger partial charge in [-0.2, -0.15) is 0 Å². The van der Waals surface area contributed by atoms with Crippen molar-refractivity contribution in [2.75, 3.05) is 26.3 Å². The number of likely N-dealkylation sites (tertiary alicyclic amines) is 1. The average molecular weight is 556 g/mol. The monoisotopic (exact) mass is 555 g/mol. The Morgan fingerprint density at radius 2 is 1.74 bits per heavy atom. The van der Waals surface area contributed by atoms with E-state index < -0.39 is 11.8 Å². The quantitative estimate of drug-likeness (QED) is 0.286. The van der Waals surface area contributed by atoms with E-state index in [0.717, 1.165) is 60.3 Å². The van der Waals surface area contributed by atoms with Gasteiger partial charge in [0.25, 0.3) is 0 Å². The van der Waals surface area contributed by atoms with Crippen molar-refractivity contribution < 1.29 is 18.7 Å². The van der Waals surface area contributed by atoms with Gasteiger partial charge in [0.05, 0.1) is 22.3 Å². The standard InChI is InChI=1S/C31H29Cl2F2NO2/c32-27-12-11-26(29(33)30(27)35)25-4-1-3-22-16-23(31(37)38)9-10-24(22)28(25)21-7-5-19(6-8-21)15-20-17-36(18-20)14-2-13-34/h5-12,16,20H,1-4,13-15,17-18H2,(H,37,38). The van der Waals surface area contributed by atoms with Crippen LogP contribution in [0.15, 0.2) is 54.6 Å². The molecule has 0 atom stereocenters. The molecule has 198 valence electrons. The van der Waals surface area contributed by atoms with Crippen molar-refractivity contribution in [2.45, 2.75) is 32.1 Å². The van der Waals surface area contributed by atoms with Gasteiger partial charge in [0.15, 0.2) is 5.82 Å². The van der Waals surface area contributed by atoms with Gasteiger partial charge in [0.2, 0.25) is 0 Å². The second-order valence-corrected chi connectivity index (χ2v) is 11.0. The van der Waals surface area contributed by atoms with Crippen molar-refractivity contribution in [1.29, 1.82) is 0 Å². The number of carboxylic acid groups (broad SMARTS) is 1. The highest BCUT2D eigenvalue weighted by Gasteiger charge is 2.27. The Morgan fingerprint density at radius 1 is 1.00 bits per heavy atom. The molecule has 5 rings (SSSR count). The number of rotatable bonds is 8.